The molecule has 1 saturated carbocycles. The van der Waals surface area contributed by atoms with E-state index in [2.05, 4.69) is 34.9 Å². The Kier molecular flexibility index (Phi) is 6.11. The number of carbonyl (C=O) groups is 1. The van der Waals surface area contributed by atoms with Crippen LogP contribution in [0.25, 0.3) is 0 Å². The summed E-state index contributed by atoms with van der Waals surface area (Å²) in [5, 5.41) is 5.98. The van der Waals surface area contributed by atoms with Gasteiger partial charge in [-0.05, 0) is 50.2 Å². The van der Waals surface area contributed by atoms with Crippen molar-refractivity contribution in [2.45, 2.75) is 30.7 Å². The van der Waals surface area contributed by atoms with E-state index in [9.17, 15) is 9.18 Å². The summed E-state index contributed by atoms with van der Waals surface area (Å²) < 4.78 is 13.5. The molecule has 2 amide bonds. The maximum atomic E-state index is 13.5. The second-order valence-corrected chi connectivity index (χ2v) is 7.60. The Morgan fingerprint density at radius 3 is 2.44 bits per heavy atom. The lowest BCUT2D eigenvalue weighted by Gasteiger charge is -2.42. The van der Waals surface area contributed by atoms with Crippen LogP contribution in [0.4, 0.5) is 9.18 Å². The molecule has 0 saturated heterocycles. The van der Waals surface area contributed by atoms with Crippen LogP contribution in [0.5, 0.6) is 0 Å². The number of rotatable bonds is 7. The molecule has 5 heteroatoms. The SMILES string of the molecule is CN(C)C(CNC(=O)NCC1(c2ccccc2)CCC1)c1cccc(F)c1. The number of carbonyl (C=O) groups excluding carboxylic acids is 1. The van der Waals surface area contributed by atoms with Gasteiger partial charge in [-0.25, -0.2) is 9.18 Å². The quantitative estimate of drug-likeness (QED) is 0.779. The van der Waals surface area contributed by atoms with Crippen LogP contribution >= 0.6 is 0 Å². The van der Waals surface area contributed by atoms with Crippen LogP contribution in [0.3, 0.4) is 0 Å². The highest BCUT2D eigenvalue weighted by Crippen LogP contribution is 2.43. The summed E-state index contributed by atoms with van der Waals surface area (Å²) in [6.45, 7) is 1.05. The Morgan fingerprint density at radius 2 is 1.85 bits per heavy atom. The fraction of sp³-hybridized carbons (Fsp3) is 0.409. The van der Waals surface area contributed by atoms with Gasteiger partial charge in [0.1, 0.15) is 5.82 Å². The van der Waals surface area contributed by atoms with Gasteiger partial charge in [0.15, 0.2) is 0 Å². The van der Waals surface area contributed by atoms with E-state index in [0.717, 1.165) is 18.4 Å². The summed E-state index contributed by atoms with van der Waals surface area (Å²) in [5.74, 6) is -0.265. The number of benzene rings is 2. The van der Waals surface area contributed by atoms with Crippen LogP contribution in [0.15, 0.2) is 54.6 Å². The molecule has 0 radical (unpaired) electrons. The average molecular weight is 369 g/mol. The normalized spacial score (nSPS) is 16.4. The number of amides is 2. The summed E-state index contributed by atoms with van der Waals surface area (Å²) in [6, 6.07) is 16.7. The molecular weight excluding hydrogens is 341 g/mol. The number of likely N-dealkylation sites (N-methyl/N-ethyl adjacent to an activating group) is 1. The second kappa shape index (κ2) is 8.53. The van der Waals surface area contributed by atoms with Crippen LogP contribution < -0.4 is 10.6 Å². The maximum absolute atomic E-state index is 13.5. The Balaban J connectivity index is 1.55. The predicted octanol–water partition coefficient (Wildman–Crippen LogP) is 3.85. The van der Waals surface area contributed by atoms with Gasteiger partial charge in [-0.1, -0.05) is 48.9 Å². The largest absolute Gasteiger partial charge is 0.337 e. The van der Waals surface area contributed by atoms with Crippen LogP contribution in [0, 0.1) is 5.82 Å². The number of hydrogen-bond donors (Lipinski definition) is 2. The van der Waals surface area contributed by atoms with Crippen molar-refractivity contribution in [2.75, 3.05) is 27.2 Å². The molecule has 4 nitrogen and oxygen atoms in total. The first-order valence-electron chi connectivity index (χ1n) is 9.49. The lowest BCUT2D eigenvalue weighted by molar-refractivity contribution is 0.211. The molecule has 0 spiro atoms. The van der Waals surface area contributed by atoms with Gasteiger partial charge in [-0.15, -0.1) is 0 Å². The molecular formula is C22H28FN3O. The smallest absolute Gasteiger partial charge is 0.314 e. The van der Waals surface area contributed by atoms with E-state index in [1.807, 2.05) is 31.1 Å². The van der Waals surface area contributed by atoms with Crippen molar-refractivity contribution >= 4 is 6.03 Å². The molecule has 1 aliphatic carbocycles. The van der Waals surface area contributed by atoms with Crippen molar-refractivity contribution < 1.29 is 9.18 Å². The molecule has 27 heavy (non-hydrogen) atoms. The lowest BCUT2D eigenvalue weighted by atomic mass is 9.64. The van der Waals surface area contributed by atoms with Crippen molar-refractivity contribution in [3.63, 3.8) is 0 Å². The fourth-order valence-corrected chi connectivity index (χ4v) is 3.78. The third-order valence-corrected chi connectivity index (χ3v) is 5.60. The van der Waals surface area contributed by atoms with E-state index >= 15 is 0 Å². The van der Waals surface area contributed by atoms with E-state index in [1.54, 1.807) is 6.07 Å². The zero-order valence-electron chi connectivity index (χ0n) is 16.0. The van der Waals surface area contributed by atoms with E-state index in [0.29, 0.717) is 13.1 Å². The highest BCUT2D eigenvalue weighted by molar-refractivity contribution is 5.74. The van der Waals surface area contributed by atoms with Crippen LogP contribution in [0.1, 0.15) is 36.4 Å². The lowest BCUT2D eigenvalue weighted by Crippen LogP contribution is -2.49. The molecule has 1 aliphatic rings. The van der Waals surface area contributed by atoms with Gasteiger partial charge in [0.25, 0.3) is 0 Å². The highest BCUT2D eigenvalue weighted by Gasteiger charge is 2.38. The summed E-state index contributed by atoms with van der Waals surface area (Å²) in [4.78, 5) is 14.4. The van der Waals surface area contributed by atoms with E-state index in [-0.39, 0.29) is 23.3 Å². The fourth-order valence-electron chi connectivity index (χ4n) is 3.78. The number of nitrogens with zero attached hydrogens (tertiary/aromatic N) is 1. The van der Waals surface area contributed by atoms with E-state index in [4.69, 9.17) is 0 Å². The summed E-state index contributed by atoms with van der Waals surface area (Å²) in [6.07, 6.45) is 3.39. The molecule has 3 rings (SSSR count). The summed E-state index contributed by atoms with van der Waals surface area (Å²) >= 11 is 0. The van der Waals surface area contributed by atoms with Crippen molar-refractivity contribution in [3.8, 4) is 0 Å². The predicted molar refractivity (Wildman–Crippen MR) is 106 cm³/mol. The first-order valence-corrected chi connectivity index (χ1v) is 9.49. The van der Waals surface area contributed by atoms with Crippen molar-refractivity contribution in [2.24, 2.45) is 0 Å². The topological polar surface area (TPSA) is 44.4 Å². The summed E-state index contributed by atoms with van der Waals surface area (Å²) in [5.41, 5.74) is 2.20. The number of hydrogen-bond acceptors (Lipinski definition) is 2. The number of urea groups is 1. The zero-order valence-corrected chi connectivity index (χ0v) is 16.0. The molecule has 144 valence electrons. The average Bonchev–Trinajstić information content (AvgIpc) is 2.62. The Hall–Kier alpha value is -2.40. The van der Waals surface area contributed by atoms with Gasteiger partial charge in [-0.3, -0.25) is 0 Å². The molecule has 2 N–H and O–H groups in total. The molecule has 1 atom stereocenters. The molecule has 2 aromatic rings. The Bertz CT molecular complexity index is 759. The molecule has 1 fully saturated rings. The third kappa shape index (κ3) is 4.66. The minimum absolute atomic E-state index is 0.0576. The molecule has 0 bridgehead atoms. The third-order valence-electron chi connectivity index (χ3n) is 5.60. The van der Waals surface area contributed by atoms with Gasteiger partial charge in [0.05, 0.1) is 6.04 Å². The zero-order chi connectivity index (χ0) is 19.3. The molecule has 0 aliphatic heterocycles. The monoisotopic (exact) mass is 369 g/mol. The van der Waals surface area contributed by atoms with Crippen LogP contribution in [-0.2, 0) is 5.41 Å². The first kappa shape index (κ1) is 19.4. The molecule has 1 unspecified atom stereocenters. The summed E-state index contributed by atoms with van der Waals surface area (Å²) in [7, 11) is 3.85. The second-order valence-electron chi connectivity index (χ2n) is 7.60. The number of nitrogens with one attached hydrogen (secondary N) is 2. The van der Waals surface area contributed by atoms with Crippen LogP contribution in [0.2, 0.25) is 0 Å². The van der Waals surface area contributed by atoms with Gasteiger partial charge in [-0.2, -0.15) is 0 Å². The van der Waals surface area contributed by atoms with E-state index < -0.39 is 0 Å². The van der Waals surface area contributed by atoms with Gasteiger partial charge in [0.2, 0.25) is 0 Å². The van der Waals surface area contributed by atoms with Crippen LogP contribution in [-0.4, -0.2) is 38.1 Å². The van der Waals surface area contributed by atoms with Gasteiger partial charge in [0, 0.05) is 18.5 Å². The molecule has 2 aromatic carbocycles. The maximum Gasteiger partial charge on any atom is 0.314 e. The van der Waals surface area contributed by atoms with Crippen molar-refractivity contribution in [1.82, 2.24) is 15.5 Å². The minimum Gasteiger partial charge on any atom is -0.337 e. The first-order chi connectivity index (χ1) is 13.0. The molecule has 0 aromatic heterocycles. The van der Waals surface area contributed by atoms with Crippen molar-refractivity contribution in [3.05, 3.63) is 71.5 Å². The molecule has 0 heterocycles. The minimum atomic E-state index is -0.265. The number of halogens is 1. The van der Waals surface area contributed by atoms with Gasteiger partial charge < -0.3 is 15.5 Å². The van der Waals surface area contributed by atoms with Crippen molar-refractivity contribution in [1.29, 1.82) is 0 Å². The van der Waals surface area contributed by atoms with E-state index in [1.165, 1.54) is 24.1 Å². The highest BCUT2D eigenvalue weighted by atomic mass is 19.1. The Labute approximate surface area is 160 Å². The van der Waals surface area contributed by atoms with Gasteiger partial charge >= 0.3 is 6.03 Å². The Morgan fingerprint density at radius 1 is 1.11 bits per heavy atom. The standard InChI is InChI=1S/C22H28FN3O/c1-26(2)20(17-8-6-11-19(23)14-17)15-24-21(27)25-16-22(12-7-13-22)18-9-4-3-5-10-18/h3-6,8-11,14,20H,7,12-13,15-16H2,1-2H3,(H2,24,25,27).